The van der Waals surface area contributed by atoms with Gasteiger partial charge in [-0.2, -0.15) is 0 Å². The van der Waals surface area contributed by atoms with Gasteiger partial charge in [-0.3, -0.25) is 9.89 Å². The number of thiazole rings is 1. The monoisotopic (exact) mass is 258 g/mol. The van der Waals surface area contributed by atoms with Crippen LogP contribution in [0.2, 0.25) is 0 Å². The Bertz CT molecular complexity index is 726. The van der Waals surface area contributed by atoms with Gasteiger partial charge in [0.2, 0.25) is 5.13 Å². The lowest BCUT2D eigenvalue weighted by Crippen LogP contribution is -2.04. The van der Waals surface area contributed by atoms with Gasteiger partial charge in [0.1, 0.15) is 5.82 Å². The Morgan fingerprint density at radius 3 is 2.72 bits per heavy atom. The molecule has 90 valence electrons. The summed E-state index contributed by atoms with van der Waals surface area (Å²) >= 11 is 1.43. The summed E-state index contributed by atoms with van der Waals surface area (Å²) in [6, 6.07) is 11.2. The molecule has 0 radical (unpaired) electrons. The van der Waals surface area contributed by atoms with E-state index in [1.165, 1.54) is 22.1 Å². The van der Waals surface area contributed by atoms with E-state index in [0.717, 1.165) is 11.3 Å². The molecule has 0 saturated carbocycles. The van der Waals surface area contributed by atoms with Crippen molar-refractivity contribution in [3.05, 3.63) is 52.1 Å². The van der Waals surface area contributed by atoms with E-state index in [-0.39, 0.29) is 5.56 Å². The summed E-state index contributed by atoms with van der Waals surface area (Å²) in [6.45, 7) is 0. The number of nitrogens with one attached hydrogen (secondary N) is 1. The van der Waals surface area contributed by atoms with Crippen LogP contribution in [-0.2, 0) is 0 Å². The normalized spacial score (nSPS) is 10.7. The van der Waals surface area contributed by atoms with Gasteiger partial charge < -0.3 is 5.73 Å². The third-order valence-corrected chi connectivity index (χ3v) is 3.34. The molecular weight excluding hydrogens is 248 g/mol. The Labute approximate surface area is 107 Å². The van der Waals surface area contributed by atoms with Crippen LogP contribution in [0.3, 0.4) is 0 Å². The lowest BCUT2D eigenvalue weighted by Gasteiger charge is -1.98. The zero-order valence-corrected chi connectivity index (χ0v) is 10.1. The van der Waals surface area contributed by atoms with E-state index >= 15 is 0 Å². The van der Waals surface area contributed by atoms with Crippen LogP contribution in [0, 0.1) is 0 Å². The second-order valence-corrected chi connectivity index (χ2v) is 4.60. The van der Waals surface area contributed by atoms with Crippen LogP contribution < -0.4 is 11.3 Å². The van der Waals surface area contributed by atoms with E-state index < -0.39 is 0 Å². The highest BCUT2D eigenvalue weighted by Gasteiger charge is 2.09. The summed E-state index contributed by atoms with van der Waals surface area (Å²) < 4.78 is 1.49. The van der Waals surface area contributed by atoms with Crippen LogP contribution in [-0.4, -0.2) is 14.8 Å². The van der Waals surface area contributed by atoms with Crippen LogP contribution in [0.5, 0.6) is 0 Å². The summed E-state index contributed by atoms with van der Waals surface area (Å²) in [5, 5.41) is 5.19. The highest BCUT2D eigenvalue weighted by molar-refractivity contribution is 7.12. The van der Waals surface area contributed by atoms with Gasteiger partial charge in [0, 0.05) is 17.0 Å². The Morgan fingerprint density at radius 2 is 2.06 bits per heavy atom. The largest absolute Gasteiger partial charge is 0.383 e. The van der Waals surface area contributed by atoms with E-state index in [1.807, 2.05) is 35.7 Å². The topological polar surface area (TPSA) is 76.7 Å². The van der Waals surface area contributed by atoms with E-state index in [2.05, 4.69) is 10.1 Å². The molecular formula is C12H10N4OS. The number of aromatic nitrogens is 3. The molecule has 18 heavy (non-hydrogen) atoms. The molecule has 0 bridgehead atoms. The summed E-state index contributed by atoms with van der Waals surface area (Å²) in [5.41, 5.74) is 7.39. The molecule has 2 aromatic heterocycles. The molecule has 0 unspecified atom stereocenters. The number of nitrogens with two attached hydrogens (primary N) is 1. The predicted molar refractivity (Wildman–Crippen MR) is 71.9 cm³/mol. The maximum atomic E-state index is 11.2. The average Bonchev–Trinajstić information content (AvgIpc) is 2.97. The second kappa shape index (κ2) is 4.15. The maximum absolute atomic E-state index is 11.2. The first kappa shape index (κ1) is 10.8. The van der Waals surface area contributed by atoms with Gasteiger partial charge >= 0.3 is 0 Å². The quantitative estimate of drug-likeness (QED) is 0.736. The molecule has 0 aliphatic rings. The van der Waals surface area contributed by atoms with Crippen LogP contribution >= 0.6 is 11.3 Å². The van der Waals surface area contributed by atoms with Gasteiger partial charge in [-0.25, -0.2) is 9.67 Å². The highest BCUT2D eigenvalue weighted by Crippen LogP contribution is 2.24. The fourth-order valence-electron chi connectivity index (χ4n) is 1.67. The van der Waals surface area contributed by atoms with E-state index in [1.54, 1.807) is 0 Å². The van der Waals surface area contributed by atoms with Crippen molar-refractivity contribution in [3.63, 3.8) is 0 Å². The smallest absolute Gasteiger partial charge is 0.266 e. The summed E-state index contributed by atoms with van der Waals surface area (Å²) in [6.07, 6.45) is 0. The van der Waals surface area contributed by atoms with Gasteiger partial charge in [0.15, 0.2) is 0 Å². The average molecular weight is 258 g/mol. The molecule has 2 heterocycles. The van der Waals surface area contributed by atoms with E-state index in [9.17, 15) is 4.79 Å². The first-order valence-corrected chi connectivity index (χ1v) is 6.21. The molecule has 3 aromatic rings. The number of nitrogens with zero attached hydrogens (tertiary/aromatic N) is 2. The number of rotatable bonds is 2. The first-order valence-electron chi connectivity index (χ1n) is 5.33. The second-order valence-electron chi connectivity index (χ2n) is 3.76. The minimum atomic E-state index is -0.232. The minimum absolute atomic E-state index is 0.232. The van der Waals surface area contributed by atoms with Gasteiger partial charge in [0.25, 0.3) is 5.56 Å². The van der Waals surface area contributed by atoms with Crippen LogP contribution in [0.1, 0.15) is 0 Å². The summed E-state index contributed by atoms with van der Waals surface area (Å²) in [5.74, 6) is 0.356. The van der Waals surface area contributed by atoms with Crippen molar-refractivity contribution in [2.75, 3.05) is 5.73 Å². The third-order valence-electron chi connectivity index (χ3n) is 2.51. The maximum Gasteiger partial charge on any atom is 0.266 e. The van der Waals surface area contributed by atoms with Crippen molar-refractivity contribution in [2.45, 2.75) is 0 Å². The van der Waals surface area contributed by atoms with Gasteiger partial charge in [-0.05, 0) is 0 Å². The summed E-state index contributed by atoms with van der Waals surface area (Å²) in [4.78, 5) is 15.6. The zero-order valence-electron chi connectivity index (χ0n) is 9.33. The Hall–Kier alpha value is -2.34. The molecule has 3 rings (SSSR count). The lowest BCUT2D eigenvalue weighted by molar-refractivity contribution is 0.864. The highest BCUT2D eigenvalue weighted by atomic mass is 32.1. The molecule has 5 nitrogen and oxygen atoms in total. The Kier molecular flexibility index (Phi) is 2.49. The summed E-state index contributed by atoms with van der Waals surface area (Å²) in [7, 11) is 0. The van der Waals surface area contributed by atoms with Crippen molar-refractivity contribution >= 4 is 17.2 Å². The van der Waals surface area contributed by atoms with Crippen molar-refractivity contribution < 1.29 is 0 Å². The lowest BCUT2D eigenvalue weighted by atomic mass is 10.2. The number of anilines is 1. The van der Waals surface area contributed by atoms with Gasteiger partial charge in [0.05, 0.1) is 5.69 Å². The minimum Gasteiger partial charge on any atom is -0.383 e. The van der Waals surface area contributed by atoms with Crippen LogP contribution in [0.4, 0.5) is 5.82 Å². The van der Waals surface area contributed by atoms with Crippen molar-refractivity contribution in [1.82, 2.24) is 14.8 Å². The molecule has 0 aliphatic heterocycles. The predicted octanol–water partition coefficient (Wildman–Crippen LogP) is 1.87. The number of hydrogen-bond acceptors (Lipinski definition) is 4. The fourth-order valence-corrected chi connectivity index (χ4v) is 2.49. The molecule has 0 atom stereocenters. The zero-order chi connectivity index (χ0) is 12.5. The standard InChI is InChI=1S/C12H10N4OS/c13-10-6-11(17)15-16(10)12-14-9(7-18-12)8-4-2-1-3-5-8/h1-7H,13H2,(H,15,17). The Morgan fingerprint density at radius 1 is 1.28 bits per heavy atom. The van der Waals surface area contributed by atoms with Gasteiger partial charge in [-0.1, -0.05) is 30.3 Å². The molecule has 0 spiro atoms. The van der Waals surface area contributed by atoms with Crippen molar-refractivity contribution in [3.8, 4) is 16.4 Å². The molecule has 0 saturated heterocycles. The van der Waals surface area contributed by atoms with Crippen LogP contribution in [0.25, 0.3) is 16.4 Å². The van der Waals surface area contributed by atoms with E-state index in [0.29, 0.717) is 10.9 Å². The molecule has 6 heteroatoms. The number of H-pyrrole nitrogens is 1. The van der Waals surface area contributed by atoms with E-state index in [4.69, 9.17) is 5.73 Å². The van der Waals surface area contributed by atoms with Crippen molar-refractivity contribution in [1.29, 1.82) is 0 Å². The number of benzene rings is 1. The molecule has 3 N–H and O–H groups in total. The fraction of sp³-hybridized carbons (Fsp3) is 0. The molecule has 1 aromatic carbocycles. The van der Waals surface area contributed by atoms with Crippen molar-refractivity contribution in [2.24, 2.45) is 0 Å². The molecule has 0 fully saturated rings. The number of hydrogen-bond donors (Lipinski definition) is 2. The molecule has 0 aliphatic carbocycles. The Balaban J connectivity index is 2.05. The van der Waals surface area contributed by atoms with Crippen LogP contribution in [0.15, 0.2) is 46.6 Å². The first-order chi connectivity index (χ1) is 8.74. The number of aromatic amines is 1. The third kappa shape index (κ3) is 1.82. The van der Waals surface area contributed by atoms with Gasteiger partial charge in [-0.15, -0.1) is 11.3 Å². The molecule has 0 amide bonds. The SMILES string of the molecule is Nc1cc(=O)[nH]n1-c1nc(-c2ccccc2)cs1. The number of nitrogen functional groups attached to an aromatic ring is 1.